The van der Waals surface area contributed by atoms with Gasteiger partial charge in [-0.3, -0.25) is 4.79 Å². The van der Waals surface area contributed by atoms with E-state index < -0.39 is 10.0 Å². The summed E-state index contributed by atoms with van der Waals surface area (Å²) in [6.45, 7) is 7.85. The molecule has 2 rings (SSSR count). The quantitative estimate of drug-likeness (QED) is 0.824. The second kappa shape index (κ2) is 6.60. The molecule has 1 aromatic heterocycles. The number of rotatable bonds is 3. The van der Waals surface area contributed by atoms with Crippen molar-refractivity contribution in [3.63, 3.8) is 0 Å². The minimum Gasteiger partial charge on any atom is -0.341 e. The molecule has 1 fully saturated rings. The molecule has 1 saturated heterocycles. The average Bonchev–Trinajstić information content (AvgIpc) is 2.72. The van der Waals surface area contributed by atoms with Crippen molar-refractivity contribution in [2.75, 3.05) is 26.2 Å². The van der Waals surface area contributed by atoms with Gasteiger partial charge in [0.25, 0.3) is 10.0 Å². The van der Waals surface area contributed by atoms with Crippen molar-refractivity contribution in [3.05, 3.63) is 12.5 Å². The summed E-state index contributed by atoms with van der Waals surface area (Å²) in [5, 5.41) is 0.0643. The molecule has 0 aliphatic carbocycles. The maximum atomic E-state index is 12.6. The van der Waals surface area contributed by atoms with Gasteiger partial charge in [-0.2, -0.15) is 4.31 Å². The van der Waals surface area contributed by atoms with Crippen LogP contribution in [-0.4, -0.2) is 59.3 Å². The van der Waals surface area contributed by atoms with Crippen LogP contribution in [0.3, 0.4) is 0 Å². The highest BCUT2D eigenvalue weighted by atomic mass is 32.2. The van der Waals surface area contributed by atoms with Crippen molar-refractivity contribution < 1.29 is 13.2 Å². The van der Waals surface area contributed by atoms with Gasteiger partial charge in [0.2, 0.25) is 5.91 Å². The summed E-state index contributed by atoms with van der Waals surface area (Å²) < 4.78 is 28.3. The molecule has 8 heteroatoms. The molecule has 0 atom stereocenters. The lowest BCUT2D eigenvalue weighted by atomic mass is 9.91. The van der Waals surface area contributed by atoms with Crippen LogP contribution in [0.2, 0.25) is 0 Å². The largest absolute Gasteiger partial charge is 0.341 e. The number of imidazole rings is 1. The van der Waals surface area contributed by atoms with Gasteiger partial charge in [-0.25, -0.2) is 13.4 Å². The Balaban J connectivity index is 2.05. The fourth-order valence-corrected chi connectivity index (χ4v) is 4.04. The van der Waals surface area contributed by atoms with Crippen molar-refractivity contribution in [1.82, 2.24) is 18.8 Å². The van der Waals surface area contributed by atoms with Crippen LogP contribution in [0.15, 0.2) is 17.6 Å². The van der Waals surface area contributed by atoms with Crippen LogP contribution in [0.1, 0.15) is 33.6 Å². The normalized spacial score (nSPS) is 18.0. The van der Waals surface area contributed by atoms with Crippen molar-refractivity contribution in [3.8, 4) is 0 Å². The molecule has 0 N–H and O–H groups in total. The van der Waals surface area contributed by atoms with Gasteiger partial charge in [-0.15, -0.1) is 0 Å². The smallest absolute Gasteiger partial charge is 0.262 e. The average molecular weight is 342 g/mol. The van der Waals surface area contributed by atoms with Crippen LogP contribution in [0.5, 0.6) is 0 Å². The maximum Gasteiger partial charge on any atom is 0.262 e. The number of carbonyl (C=O) groups excluding carboxylic acids is 1. The van der Waals surface area contributed by atoms with Crippen molar-refractivity contribution in [2.24, 2.45) is 12.5 Å². The van der Waals surface area contributed by atoms with E-state index in [1.807, 2.05) is 20.8 Å². The molecule has 130 valence electrons. The maximum absolute atomic E-state index is 12.6. The summed E-state index contributed by atoms with van der Waals surface area (Å²) in [4.78, 5) is 18.1. The predicted molar refractivity (Wildman–Crippen MR) is 87.2 cm³/mol. The van der Waals surface area contributed by atoms with Gasteiger partial charge in [0.1, 0.15) is 0 Å². The number of hydrogen-bond donors (Lipinski definition) is 0. The van der Waals surface area contributed by atoms with E-state index in [0.717, 1.165) is 0 Å². The van der Waals surface area contributed by atoms with E-state index in [0.29, 0.717) is 39.0 Å². The number of sulfonamides is 1. The molecule has 0 aromatic carbocycles. The zero-order valence-electron chi connectivity index (χ0n) is 14.3. The van der Waals surface area contributed by atoms with Gasteiger partial charge in [0.05, 0.1) is 6.33 Å². The van der Waals surface area contributed by atoms with Crippen LogP contribution in [0, 0.1) is 5.41 Å². The molecule has 2 heterocycles. The summed E-state index contributed by atoms with van der Waals surface area (Å²) in [5.74, 6) is 0.0922. The Morgan fingerprint density at radius 3 is 2.48 bits per heavy atom. The highest BCUT2D eigenvalue weighted by Crippen LogP contribution is 2.21. The van der Waals surface area contributed by atoms with Gasteiger partial charge in [-0.1, -0.05) is 20.8 Å². The molecular formula is C15H26N4O3S. The van der Waals surface area contributed by atoms with Crippen LogP contribution in [0.4, 0.5) is 0 Å². The first-order chi connectivity index (χ1) is 10.6. The molecule has 0 radical (unpaired) electrons. The van der Waals surface area contributed by atoms with E-state index in [2.05, 4.69) is 4.98 Å². The Morgan fingerprint density at radius 2 is 1.91 bits per heavy atom. The van der Waals surface area contributed by atoms with Gasteiger partial charge in [0.15, 0.2) is 5.03 Å². The topological polar surface area (TPSA) is 75.5 Å². The molecule has 1 aromatic rings. The van der Waals surface area contributed by atoms with Crippen LogP contribution in [-0.2, 0) is 21.9 Å². The zero-order valence-corrected chi connectivity index (χ0v) is 15.1. The standard InChI is InChI=1S/C15H26N4O3S/c1-15(2,3)10-14(20)18-6-5-7-19(9-8-18)23(21,22)13-11-17(4)12-16-13/h11-12H,5-10H2,1-4H3. The van der Waals surface area contributed by atoms with E-state index in [1.165, 1.54) is 16.8 Å². The predicted octanol–water partition coefficient (Wildman–Crippen LogP) is 1.08. The van der Waals surface area contributed by atoms with Gasteiger partial charge < -0.3 is 9.47 Å². The van der Waals surface area contributed by atoms with Crippen molar-refractivity contribution >= 4 is 15.9 Å². The Bertz CT molecular complexity index is 661. The highest BCUT2D eigenvalue weighted by Gasteiger charge is 2.30. The Kier molecular flexibility index (Phi) is 5.15. The molecule has 7 nitrogen and oxygen atoms in total. The molecular weight excluding hydrogens is 316 g/mol. The highest BCUT2D eigenvalue weighted by molar-refractivity contribution is 7.89. The lowest BCUT2D eigenvalue weighted by Gasteiger charge is -2.25. The summed E-state index contributed by atoms with van der Waals surface area (Å²) in [6.07, 6.45) is 4.09. The number of hydrogen-bond acceptors (Lipinski definition) is 4. The third-order valence-electron chi connectivity index (χ3n) is 3.77. The van der Waals surface area contributed by atoms with Gasteiger partial charge >= 0.3 is 0 Å². The lowest BCUT2D eigenvalue weighted by Crippen LogP contribution is -2.38. The molecule has 0 bridgehead atoms. The molecule has 0 unspecified atom stereocenters. The monoisotopic (exact) mass is 342 g/mol. The Labute approximate surface area is 138 Å². The number of aryl methyl sites for hydroxylation is 1. The SMILES string of the molecule is Cn1cnc(S(=O)(=O)N2CCCN(C(=O)CC(C)(C)C)CC2)c1. The fourth-order valence-electron chi connectivity index (χ4n) is 2.60. The first-order valence-electron chi connectivity index (χ1n) is 7.85. The van der Waals surface area contributed by atoms with Gasteiger partial charge in [-0.05, 0) is 11.8 Å². The summed E-state index contributed by atoms with van der Waals surface area (Å²) in [6, 6.07) is 0. The number of aromatic nitrogens is 2. The lowest BCUT2D eigenvalue weighted by molar-refractivity contribution is -0.132. The van der Waals surface area contributed by atoms with Crippen LogP contribution < -0.4 is 0 Å². The third kappa shape index (κ3) is 4.54. The first kappa shape index (κ1) is 17.9. The second-order valence-electron chi connectivity index (χ2n) is 7.25. The van der Waals surface area contributed by atoms with E-state index in [-0.39, 0.29) is 16.3 Å². The molecule has 1 aliphatic heterocycles. The van der Waals surface area contributed by atoms with E-state index in [1.54, 1.807) is 16.5 Å². The molecule has 1 amide bonds. The Hall–Kier alpha value is -1.41. The van der Waals surface area contributed by atoms with E-state index in [9.17, 15) is 13.2 Å². The fraction of sp³-hybridized carbons (Fsp3) is 0.733. The van der Waals surface area contributed by atoms with Crippen molar-refractivity contribution in [2.45, 2.75) is 38.6 Å². The van der Waals surface area contributed by atoms with Crippen LogP contribution in [0.25, 0.3) is 0 Å². The first-order valence-corrected chi connectivity index (χ1v) is 9.29. The summed E-state index contributed by atoms with van der Waals surface area (Å²) in [5.41, 5.74) is -0.0664. The molecule has 0 saturated carbocycles. The van der Waals surface area contributed by atoms with E-state index >= 15 is 0 Å². The zero-order chi connectivity index (χ0) is 17.3. The van der Waals surface area contributed by atoms with Gasteiger partial charge in [0, 0.05) is 45.8 Å². The number of nitrogens with zero attached hydrogens (tertiary/aromatic N) is 4. The number of carbonyl (C=O) groups is 1. The Morgan fingerprint density at radius 1 is 1.22 bits per heavy atom. The summed E-state index contributed by atoms with van der Waals surface area (Å²) in [7, 11) is -1.85. The van der Waals surface area contributed by atoms with Crippen molar-refractivity contribution in [1.29, 1.82) is 0 Å². The second-order valence-corrected chi connectivity index (χ2v) is 9.14. The third-order valence-corrected chi connectivity index (χ3v) is 5.56. The minimum absolute atomic E-state index is 0.0643. The molecule has 23 heavy (non-hydrogen) atoms. The minimum atomic E-state index is -3.59. The van der Waals surface area contributed by atoms with Crippen LogP contribution >= 0.6 is 0 Å². The number of amides is 1. The van der Waals surface area contributed by atoms with E-state index in [4.69, 9.17) is 0 Å². The summed E-state index contributed by atoms with van der Waals surface area (Å²) >= 11 is 0. The molecule has 1 aliphatic rings. The molecule has 0 spiro atoms.